The Bertz CT molecular complexity index is 1710. The van der Waals surface area contributed by atoms with Crippen LogP contribution in [0.3, 0.4) is 0 Å². The Hall–Kier alpha value is -5.28. The molecule has 0 spiro atoms. The summed E-state index contributed by atoms with van der Waals surface area (Å²) in [5.74, 6) is 13.6. The molecule has 2 aromatic heterocycles. The van der Waals surface area contributed by atoms with E-state index in [0.29, 0.717) is 24.7 Å². The Balaban J connectivity index is 0.000000188. The molecule has 2 aliphatic rings. The molecule has 6 rings (SSSR count). The first-order valence-corrected chi connectivity index (χ1v) is 15.8. The topological polar surface area (TPSA) is 84.9 Å². The number of carbonyl (C=O) groups is 2. The number of rotatable bonds is 4. The Morgan fingerprint density at radius 3 is 1.21 bits per heavy atom. The van der Waals surface area contributed by atoms with E-state index in [9.17, 15) is 9.59 Å². The maximum absolute atomic E-state index is 12.5. The van der Waals surface area contributed by atoms with E-state index in [1.54, 1.807) is 36.4 Å². The van der Waals surface area contributed by atoms with E-state index >= 15 is 0 Å². The quantitative estimate of drug-likeness (QED) is 0.265. The van der Waals surface area contributed by atoms with E-state index in [4.69, 9.17) is 9.47 Å². The van der Waals surface area contributed by atoms with E-state index in [2.05, 4.69) is 33.6 Å². The minimum Gasteiger partial charge on any atom is -0.371 e. The summed E-state index contributed by atoms with van der Waals surface area (Å²) >= 11 is 0. The van der Waals surface area contributed by atoms with Gasteiger partial charge in [-0.3, -0.25) is 19.4 Å². The number of hydrogen-bond donors (Lipinski definition) is 0. The van der Waals surface area contributed by atoms with Crippen LogP contribution in [0.1, 0.15) is 49.9 Å². The molecule has 8 nitrogen and oxygen atoms in total. The summed E-state index contributed by atoms with van der Waals surface area (Å²) in [5, 5.41) is 0. The second-order valence-corrected chi connectivity index (χ2v) is 13.1. The maximum atomic E-state index is 12.5. The van der Waals surface area contributed by atoms with Gasteiger partial charge in [0.1, 0.15) is 23.8 Å². The molecule has 0 radical (unpaired) electrons. The molecule has 0 aliphatic carbocycles. The average molecular weight is 641 g/mol. The van der Waals surface area contributed by atoms with Crippen LogP contribution in [0.2, 0.25) is 0 Å². The molecule has 0 bridgehead atoms. The standard InChI is InChI=1S/2C20H20N2O2/c2*1-20(2)14-22(19(23)18(20)24-3)17-12-11-16(13-21-17)10-9-15-7-5-4-6-8-15/h2*4-8,11-13,18H,14H2,1-3H3/t2*18-/m10/s1. The zero-order chi connectivity index (χ0) is 34.3. The van der Waals surface area contributed by atoms with E-state index in [-0.39, 0.29) is 22.6 Å². The van der Waals surface area contributed by atoms with E-state index in [0.717, 1.165) is 22.3 Å². The first-order chi connectivity index (χ1) is 23.0. The largest absolute Gasteiger partial charge is 0.371 e. The van der Waals surface area contributed by atoms with Crippen molar-refractivity contribution in [2.75, 3.05) is 37.1 Å². The molecule has 2 aliphatic heterocycles. The number of nitrogens with zero attached hydrogens (tertiary/aromatic N) is 4. The first kappa shape index (κ1) is 34.1. The van der Waals surface area contributed by atoms with Crippen molar-refractivity contribution in [2.45, 2.75) is 39.9 Å². The van der Waals surface area contributed by atoms with Gasteiger partial charge in [0.15, 0.2) is 0 Å². The minimum absolute atomic E-state index is 0.0434. The maximum Gasteiger partial charge on any atom is 0.257 e. The van der Waals surface area contributed by atoms with Crippen LogP contribution >= 0.6 is 0 Å². The monoisotopic (exact) mass is 640 g/mol. The third-order valence-corrected chi connectivity index (χ3v) is 8.30. The van der Waals surface area contributed by atoms with Crippen LogP contribution in [0.25, 0.3) is 0 Å². The molecule has 8 heteroatoms. The van der Waals surface area contributed by atoms with Gasteiger partial charge in [0.25, 0.3) is 11.8 Å². The van der Waals surface area contributed by atoms with Crippen molar-refractivity contribution in [2.24, 2.45) is 10.8 Å². The molecule has 0 N–H and O–H groups in total. The molecule has 48 heavy (non-hydrogen) atoms. The van der Waals surface area contributed by atoms with Crippen LogP contribution in [0.5, 0.6) is 0 Å². The molecule has 2 saturated heterocycles. The van der Waals surface area contributed by atoms with Crippen LogP contribution in [0, 0.1) is 34.5 Å². The zero-order valence-electron chi connectivity index (χ0n) is 28.2. The van der Waals surface area contributed by atoms with Crippen LogP contribution in [-0.4, -0.2) is 61.3 Å². The molecule has 0 unspecified atom stereocenters. The van der Waals surface area contributed by atoms with Gasteiger partial charge in [0, 0.05) is 72.8 Å². The summed E-state index contributed by atoms with van der Waals surface area (Å²) in [5.41, 5.74) is 3.08. The Kier molecular flexibility index (Phi) is 10.4. The van der Waals surface area contributed by atoms with Crippen molar-refractivity contribution in [1.29, 1.82) is 0 Å². The van der Waals surface area contributed by atoms with Gasteiger partial charge >= 0.3 is 0 Å². The number of aromatic nitrogens is 2. The second kappa shape index (κ2) is 14.6. The highest BCUT2D eigenvalue weighted by Crippen LogP contribution is 2.36. The Morgan fingerprint density at radius 2 is 0.917 bits per heavy atom. The van der Waals surface area contributed by atoms with Crippen LogP contribution in [-0.2, 0) is 19.1 Å². The molecule has 2 amide bonds. The number of hydrogen-bond acceptors (Lipinski definition) is 6. The second-order valence-electron chi connectivity index (χ2n) is 13.1. The van der Waals surface area contributed by atoms with Gasteiger partial charge < -0.3 is 9.47 Å². The van der Waals surface area contributed by atoms with Crippen molar-refractivity contribution in [1.82, 2.24) is 9.97 Å². The van der Waals surface area contributed by atoms with E-state index < -0.39 is 12.2 Å². The summed E-state index contributed by atoms with van der Waals surface area (Å²) in [7, 11) is 3.15. The lowest BCUT2D eigenvalue weighted by Gasteiger charge is -2.21. The number of ether oxygens (including phenoxy) is 2. The third-order valence-electron chi connectivity index (χ3n) is 8.30. The van der Waals surface area contributed by atoms with Crippen molar-refractivity contribution < 1.29 is 19.1 Å². The third kappa shape index (κ3) is 7.81. The number of methoxy groups -OCH3 is 2. The summed E-state index contributed by atoms with van der Waals surface area (Å²) in [4.78, 5) is 37.1. The lowest BCUT2D eigenvalue weighted by Crippen LogP contribution is -2.33. The van der Waals surface area contributed by atoms with Gasteiger partial charge in [-0.2, -0.15) is 0 Å². The molecule has 4 heterocycles. The van der Waals surface area contributed by atoms with Crippen molar-refractivity contribution in [3.05, 3.63) is 120 Å². The van der Waals surface area contributed by atoms with Crippen LogP contribution in [0.15, 0.2) is 97.3 Å². The van der Waals surface area contributed by atoms with Gasteiger partial charge in [0.2, 0.25) is 0 Å². The highest BCUT2D eigenvalue weighted by Gasteiger charge is 2.48. The summed E-state index contributed by atoms with van der Waals surface area (Å²) in [6, 6.07) is 27.0. The molecular weight excluding hydrogens is 600 g/mol. The van der Waals surface area contributed by atoms with Gasteiger partial charge in [0.05, 0.1) is 0 Å². The molecule has 4 aromatic rings. The fourth-order valence-corrected chi connectivity index (χ4v) is 5.89. The molecule has 2 atom stereocenters. The SMILES string of the molecule is CO[C@@H]1C(=O)N(c2ccc(C#Cc3ccccc3)cn2)CC1(C)C.CO[C@H]1C(=O)N(c2ccc(C#Cc3ccccc3)cn2)CC1(C)C. The van der Waals surface area contributed by atoms with Gasteiger partial charge in [-0.25, -0.2) is 9.97 Å². The van der Waals surface area contributed by atoms with Crippen molar-refractivity contribution >= 4 is 23.5 Å². The molecule has 2 fully saturated rings. The highest BCUT2D eigenvalue weighted by molar-refractivity contribution is 5.99. The number of anilines is 2. The van der Waals surface area contributed by atoms with Gasteiger partial charge in [-0.1, -0.05) is 87.8 Å². The fourth-order valence-electron chi connectivity index (χ4n) is 5.89. The van der Waals surface area contributed by atoms with Gasteiger partial charge in [-0.05, 0) is 48.5 Å². The predicted octanol–water partition coefficient (Wildman–Crippen LogP) is 5.74. The zero-order valence-corrected chi connectivity index (χ0v) is 28.2. The normalized spacial score (nSPS) is 19.0. The minimum atomic E-state index is -0.433. The molecular formula is C40H40N4O4. The fraction of sp³-hybridized carbons (Fsp3) is 0.300. The number of pyridine rings is 2. The average Bonchev–Trinajstić information content (AvgIpc) is 3.48. The van der Waals surface area contributed by atoms with E-state index in [1.165, 1.54) is 0 Å². The smallest absolute Gasteiger partial charge is 0.257 e. The predicted molar refractivity (Wildman–Crippen MR) is 187 cm³/mol. The lowest BCUT2D eigenvalue weighted by molar-refractivity contribution is -0.129. The number of amides is 2. The number of carbonyl (C=O) groups excluding carboxylic acids is 2. The summed E-state index contributed by atoms with van der Waals surface area (Å²) in [6.07, 6.45) is 2.53. The van der Waals surface area contributed by atoms with Crippen LogP contribution in [0.4, 0.5) is 11.6 Å². The Morgan fingerprint density at radius 1 is 0.562 bits per heavy atom. The molecule has 2 aromatic carbocycles. The van der Waals surface area contributed by atoms with Crippen LogP contribution < -0.4 is 9.80 Å². The van der Waals surface area contributed by atoms with Crippen molar-refractivity contribution in [3.63, 3.8) is 0 Å². The number of benzene rings is 2. The first-order valence-electron chi connectivity index (χ1n) is 15.8. The molecule has 0 saturated carbocycles. The summed E-state index contributed by atoms with van der Waals surface area (Å²) < 4.78 is 10.7. The lowest BCUT2D eigenvalue weighted by atomic mass is 9.90. The molecule has 244 valence electrons. The highest BCUT2D eigenvalue weighted by atomic mass is 16.5. The Labute approximate surface area is 283 Å². The van der Waals surface area contributed by atoms with E-state index in [1.807, 2.05) is 113 Å². The van der Waals surface area contributed by atoms with Gasteiger partial charge in [-0.15, -0.1) is 0 Å². The van der Waals surface area contributed by atoms with Crippen molar-refractivity contribution in [3.8, 4) is 23.7 Å². The summed E-state index contributed by atoms with van der Waals surface area (Å²) in [6.45, 7) is 9.29.